The summed E-state index contributed by atoms with van der Waals surface area (Å²) in [4.78, 5) is 71.8. The molecule has 1 aromatic carbocycles. The van der Waals surface area contributed by atoms with Crippen LogP contribution in [0.15, 0.2) is 30.3 Å². The van der Waals surface area contributed by atoms with Gasteiger partial charge in [-0.25, -0.2) is 4.79 Å². The molecule has 0 aliphatic rings. The molecule has 0 aliphatic carbocycles. The van der Waals surface area contributed by atoms with Crippen molar-refractivity contribution >= 4 is 48.1 Å². The van der Waals surface area contributed by atoms with Gasteiger partial charge in [0.2, 0.25) is 29.5 Å². The fourth-order valence-electron chi connectivity index (χ4n) is 2.94. The van der Waals surface area contributed by atoms with Gasteiger partial charge in [-0.15, -0.1) is 0 Å². The maximum Gasteiger partial charge on any atom is 0.327 e. The summed E-state index contributed by atoms with van der Waals surface area (Å²) in [7, 11) is 0. The molecule has 0 saturated heterocycles. The highest BCUT2D eigenvalue weighted by molar-refractivity contribution is 7.80. The number of aliphatic carboxylic acids is 1. The summed E-state index contributed by atoms with van der Waals surface area (Å²) >= 11 is 3.85. The first-order valence-corrected chi connectivity index (χ1v) is 11.2. The largest absolute Gasteiger partial charge is 0.480 e. The van der Waals surface area contributed by atoms with E-state index in [1.807, 2.05) is 0 Å². The first-order chi connectivity index (χ1) is 16.4. The number of carbonyl (C=O) groups excluding carboxylic acids is 5. The molecule has 0 heterocycles. The predicted octanol–water partition coefficient (Wildman–Crippen LogP) is -2.83. The van der Waals surface area contributed by atoms with E-state index in [4.69, 9.17) is 22.3 Å². The summed E-state index contributed by atoms with van der Waals surface area (Å²) in [5.41, 5.74) is 17.0. The van der Waals surface area contributed by atoms with E-state index in [0.29, 0.717) is 0 Å². The molecule has 192 valence electrons. The van der Waals surface area contributed by atoms with E-state index >= 15 is 0 Å². The number of carboxylic acids is 1. The van der Waals surface area contributed by atoms with Crippen LogP contribution in [-0.4, -0.2) is 70.5 Å². The third-order valence-corrected chi connectivity index (χ3v) is 5.15. The average molecular weight is 511 g/mol. The summed E-state index contributed by atoms with van der Waals surface area (Å²) < 4.78 is 0. The van der Waals surface area contributed by atoms with Crippen molar-refractivity contribution in [3.05, 3.63) is 35.9 Å². The normalized spacial score (nSPS) is 14.0. The van der Waals surface area contributed by atoms with Gasteiger partial charge >= 0.3 is 5.97 Å². The lowest BCUT2D eigenvalue weighted by Gasteiger charge is -2.24. The fourth-order valence-corrected chi connectivity index (χ4v) is 3.18. The van der Waals surface area contributed by atoms with E-state index in [0.717, 1.165) is 5.56 Å². The molecule has 0 spiro atoms. The van der Waals surface area contributed by atoms with Crippen LogP contribution in [0.5, 0.6) is 0 Å². The van der Waals surface area contributed by atoms with Crippen LogP contribution < -0.4 is 33.2 Å². The molecule has 1 aromatic rings. The average Bonchev–Trinajstić information content (AvgIpc) is 2.79. The Morgan fingerprint density at radius 2 is 1.37 bits per heavy atom. The molecular formula is C21H30N6O7S. The van der Waals surface area contributed by atoms with Crippen LogP contribution in [0, 0.1) is 0 Å². The van der Waals surface area contributed by atoms with Crippen molar-refractivity contribution in [1.82, 2.24) is 16.0 Å². The minimum absolute atomic E-state index is 0.154. The van der Waals surface area contributed by atoms with E-state index in [9.17, 15) is 28.8 Å². The number of thiol groups is 1. The number of hydrogen-bond acceptors (Lipinski definition) is 8. The van der Waals surface area contributed by atoms with Crippen molar-refractivity contribution < 1.29 is 33.9 Å². The predicted molar refractivity (Wildman–Crippen MR) is 128 cm³/mol. The van der Waals surface area contributed by atoms with Crippen molar-refractivity contribution in [2.24, 2.45) is 17.2 Å². The van der Waals surface area contributed by atoms with Gasteiger partial charge in [-0.05, 0) is 18.4 Å². The van der Waals surface area contributed by atoms with Crippen molar-refractivity contribution in [3.63, 3.8) is 0 Å². The lowest BCUT2D eigenvalue weighted by Crippen LogP contribution is -2.58. The van der Waals surface area contributed by atoms with Crippen LogP contribution in [0.1, 0.15) is 24.8 Å². The standard InChI is InChI=1S/C21H30N6O7S/c22-12(8-11-4-2-1-3-5-11)18(30)26-14(9-17(24)29)20(32)25-13(6-7-16(23)28)19(31)27-15(10-35)21(33)34/h1-5,12-15,35H,6-10,22H2,(H2,23,28)(H2,24,29)(H,25,32)(H,26,30)(H,27,31)(H,33,34). The van der Waals surface area contributed by atoms with Crippen molar-refractivity contribution in [2.75, 3.05) is 5.75 Å². The fraction of sp³-hybridized carbons (Fsp3) is 0.429. The van der Waals surface area contributed by atoms with Crippen molar-refractivity contribution in [2.45, 2.75) is 49.9 Å². The summed E-state index contributed by atoms with van der Waals surface area (Å²) in [6.45, 7) is 0. The molecule has 1 rings (SSSR count). The van der Waals surface area contributed by atoms with Crippen LogP contribution in [0.25, 0.3) is 0 Å². The van der Waals surface area contributed by atoms with Crippen molar-refractivity contribution in [1.29, 1.82) is 0 Å². The number of carboxylic acid groups (broad SMARTS) is 1. The van der Waals surface area contributed by atoms with Crippen LogP contribution in [-0.2, 0) is 35.2 Å². The molecule has 4 atom stereocenters. The molecule has 14 heteroatoms. The Kier molecular flexibility index (Phi) is 12.2. The van der Waals surface area contributed by atoms with Gasteiger partial charge < -0.3 is 38.3 Å². The third-order valence-electron chi connectivity index (χ3n) is 4.78. The zero-order chi connectivity index (χ0) is 26.5. The number of primary amides is 2. The van der Waals surface area contributed by atoms with Crippen LogP contribution in [0.4, 0.5) is 0 Å². The highest BCUT2D eigenvalue weighted by Crippen LogP contribution is 2.05. The van der Waals surface area contributed by atoms with Gasteiger partial charge in [-0.2, -0.15) is 12.6 Å². The molecule has 4 unspecified atom stereocenters. The molecule has 0 fully saturated rings. The quantitative estimate of drug-likeness (QED) is 0.114. The molecule has 0 radical (unpaired) electrons. The maximum absolute atomic E-state index is 12.8. The number of rotatable bonds is 15. The van der Waals surface area contributed by atoms with Crippen LogP contribution >= 0.6 is 12.6 Å². The zero-order valence-corrected chi connectivity index (χ0v) is 19.7. The molecule has 0 aliphatic heterocycles. The topological polar surface area (TPSA) is 237 Å². The molecule has 0 bridgehead atoms. The van der Waals surface area contributed by atoms with Gasteiger partial charge in [-0.1, -0.05) is 30.3 Å². The number of hydrogen-bond donors (Lipinski definition) is 8. The number of nitrogens with two attached hydrogens (primary N) is 3. The summed E-state index contributed by atoms with van der Waals surface area (Å²) in [6.07, 6.45) is -1.03. The highest BCUT2D eigenvalue weighted by atomic mass is 32.1. The lowest BCUT2D eigenvalue weighted by molar-refractivity contribution is -0.142. The first-order valence-electron chi connectivity index (χ1n) is 10.6. The molecule has 10 N–H and O–H groups in total. The number of nitrogens with one attached hydrogen (secondary N) is 3. The number of benzene rings is 1. The van der Waals surface area contributed by atoms with Gasteiger partial charge in [-0.3, -0.25) is 24.0 Å². The Morgan fingerprint density at radius 3 is 1.89 bits per heavy atom. The molecule has 35 heavy (non-hydrogen) atoms. The Balaban J connectivity index is 2.96. The smallest absolute Gasteiger partial charge is 0.327 e. The zero-order valence-electron chi connectivity index (χ0n) is 18.8. The SMILES string of the molecule is NC(=O)CCC(NC(=O)C(CC(N)=O)NC(=O)C(N)Cc1ccccc1)C(=O)NC(CS)C(=O)O. The highest BCUT2D eigenvalue weighted by Gasteiger charge is 2.31. The Bertz CT molecular complexity index is 930. The second kappa shape index (κ2) is 14.6. The van der Waals surface area contributed by atoms with Gasteiger partial charge in [0.15, 0.2) is 0 Å². The van der Waals surface area contributed by atoms with E-state index in [1.54, 1.807) is 30.3 Å². The van der Waals surface area contributed by atoms with Crippen LogP contribution in [0.3, 0.4) is 0 Å². The van der Waals surface area contributed by atoms with Gasteiger partial charge in [0.1, 0.15) is 18.1 Å². The van der Waals surface area contributed by atoms with Crippen molar-refractivity contribution in [3.8, 4) is 0 Å². The summed E-state index contributed by atoms with van der Waals surface area (Å²) in [5, 5.41) is 15.9. The minimum Gasteiger partial charge on any atom is -0.480 e. The maximum atomic E-state index is 12.8. The molecular weight excluding hydrogens is 480 g/mol. The van der Waals surface area contributed by atoms with Gasteiger partial charge in [0, 0.05) is 12.2 Å². The van der Waals surface area contributed by atoms with Gasteiger partial charge in [0.25, 0.3) is 0 Å². The molecule has 0 saturated carbocycles. The number of amides is 5. The second-order valence-electron chi connectivity index (χ2n) is 7.68. The van der Waals surface area contributed by atoms with E-state index < -0.39 is 66.1 Å². The summed E-state index contributed by atoms with van der Waals surface area (Å²) in [6, 6.07) is 3.55. The lowest BCUT2D eigenvalue weighted by atomic mass is 10.0. The van der Waals surface area contributed by atoms with E-state index in [-0.39, 0.29) is 25.0 Å². The first kappa shape index (κ1) is 29.4. The second-order valence-corrected chi connectivity index (χ2v) is 8.04. The molecule has 13 nitrogen and oxygen atoms in total. The Labute approximate surface area is 206 Å². The summed E-state index contributed by atoms with van der Waals surface area (Å²) in [5.74, 6) is -5.92. The third kappa shape index (κ3) is 10.9. The monoisotopic (exact) mass is 510 g/mol. The Hall–Kier alpha value is -3.65. The molecule has 5 amide bonds. The number of carbonyl (C=O) groups is 6. The van der Waals surface area contributed by atoms with Gasteiger partial charge in [0.05, 0.1) is 12.5 Å². The van der Waals surface area contributed by atoms with Crippen LogP contribution in [0.2, 0.25) is 0 Å². The Morgan fingerprint density at radius 1 is 0.829 bits per heavy atom. The van der Waals surface area contributed by atoms with E-state index in [2.05, 4.69) is 28.6 Å². The molecule has 0 aromatic heterocycles. The van der Waals surface area contributed by atoms with E-state index in [1.165, 1.54) is 0 Å². The minimum atomic E-state index is -1.48.